The fourth-order valence-corrected chi connectivity index (χ4v) is 0.956. The lowest BCUT2D eigenvalue weighted by Gasteiger charge is -1.99. The van der Waals surface area contributed by atoms with E-state index in [0.29, 0.717) is 0 Å². The van der Waals surface area contributed by atoms with Crippen LogP contribution in [-0.2, 0) is 4.79 Å². The fourth-order valence-electron chi connectivity index (χ4n) is 0.956. The van der Waals surface area contributed by atoms with Gasteiger partial charge in [0.05, 0.1) is 0 Å². The van der Waals surface area contributed by atoms with Crippen LogP contribution in [0.1, 0.15) is 6.42 Å². The van der Waals surface area contributed by atoms with E-state index in [9.17, 15) is 13.6 Å². The van der Waals surface area contributed by atoms with Crippen molar-refractivity contribution >= 4 is 18.4 Å². The SMILES string of the molecule is Cl.O=C(O)[C@@H]1CC(=C(F)F)CN1. The smallest absolute Gasteiger partial charge is 0.321 e. The maximum Gasteiger partial charge on any atom is 0.321 e. The molecule has 0 aromatic carbocycles. The van der Waals surface area contributed by atoms with Crippen LogP contribution in [0.3, 0.4) is 0 Å². The molecule has 70 valence electrons. The number of carboxylic acids is 1. The topological polar surface area (TPSA) is 49.3 Å². The van der Waals surface area contributed by atoms with Crippen molar-refractivity contribution < 1.29 is 18.7 Å². The van der Waals surface area contributed by atoms with Crippen molar-refractivity contribution in [3.8, 4) is 0 Å². The average molecular weight is 200 g/mol. The number of carbonyl (C=O) groups is 1. The first kappa shape index (κ1) is 11.3. The molecule has 3 nitrogen and oxygen atoms in total. The highest BCUT2D eigenvalue weighted by molar-refractivity contribution is 5.85. The van der Waals surface area contributed by atoms with Gasteiger partial charge in [0.25, 0.3) is 6.08 Å². The Kier molecular flexibility index (Phi) is 4.12. The van der Waals surface area contributed by atoms with Crippen LogP contribution in [0.15, 0.2) is 11.7 Å². The van der Waals surface area contributed by atoms with Gasteiger partial charge < -0.3 is 10.4 Å². The second-order valence-corrected chi connectivity index (χ2v) is 2.34. The molecule has 0 unspecified atom stereocenters. The molecule has 6 heteroatoms. The van der Waals surface area contributed by atoms with Crippen LogP contribution in [0, 0.1) is 0 Å². The van der Waals surface area contributed by atoms with Gasteiger partial charge in [-0.2, -0.15) is 8.78 Å². The predicted octanol–water partition coefficient (Wildman–Crippen LogP) is 1.01. The van der Waals surface area contributed by atoms with Gasteiger partial charge in [-0.15, -0.1) is 12.4 Å². The molecule has 1 aliphatic heterocycles. The zero-order valence-electron chi connectivity index (χ0n) is 6.01. The van der Waals surface area contributed by atoms with E-state index in [1.165, 1.54) is 0 Å². The minimum Gasteiger partial charge on any atom is -0.480 e. The standard InChI is InChI=1S/C6H7F2NO2.ClH/c7-5(8)3-1-4(6(10)11)9-2-3;/h4,9H,1-2H2,(H,10,11);1H/t4-;/m0./s1. The van der Waals surface area contributed by atoms with Crippen LogP contribution in [-0.4, -0.2) is 23.7 Å². The molecule has 2 N–H and O–H groups in total. The average Bonchev–Trinajstić information content (AvgIpc) is 2.33. The molecular formula is C6H8ClF2NO2. The molecule has 1 rings (SSSR count). The molecule has 0 spiro atoms. The number of halogens is 3. The Morgan fingerprint density at radius 1 is 1.58 bits per heavy atom. The summed E-state index contributed by atoms with van der Waals surface area (Å²) in [5, 5.41) is 10.8. The Labute approximate surface area is 73.9 Å². The molecule has 12 heavy (non-hydrogen) atoms. The number of hydrogen-bond acceptors (Lipinski definition) is 2. The predicted molar refractivity (Wildman–Crippen MR) is 40.5 cm³/mol. The molecule has 0 bridgehead atoms. The van der Waals surface area contributed by atoms with Crippen molar-refractivity contribution in [3.05, 3.63) is 11.7 Å². The van der Waals surface area contributed by atoms with E-state index in [-0.39, 0.29) is 30.9 Å². The molecule has 1 atom stereocenters. The van der Waals surface area contributed by atoms with E-state index in [0.717, 1.165) is 0 Å². The van der Waals surface area contributed by atoms with E-state index >= 15 is 0 Å². The van der Waals surface area contributed by atoms with Gasteiger partial charge >= 0.3 is 5.97 Å². The van der Waals surface area contributed by atoms with Crippen LogP contribution in [0.2, 0.25) is 0 Å². The summed E-state index contributed by atoms with van der Waals surface area (Å²) in [6, 6.07) is -0.841. The van der Waals surface area contributed by atoms with Gasteiger partial charge in [-0.25, -0.2) is 0 Å². The summed E-state index contributed by atoms with van der Waals surface area (Å²) in [5.41, 5.74) is -0.0996. The van der Waals surface area contributed by atoms with Crippen LogP contribution in [0.25, 0.3) is 0 Å². The largest absolute Gasteiger partial charge is 0.480 e. The molecule has 0 aliphatic carbocycles. The van der Waals surface area contributed by atoms with Gasteiger partial charge in [0.15, 0.2) is 0 Å². The molecular weight excluding hydrogens is 192 g/mol. The third-order valence-electron chi connectivity index (χ3n) is 1.58. The molecule has 0 amide bonds. The summed E-state index contributed by atoms with van der Waals surface area (Å²) >= 11 is 0. The third-order valence-corrected chi connectivity index (χ3v) is 1.58. The highest BCUT2D eigenvalue weighted by Gasteiger charge is 2.27. The first-order valence-corrected chi connectivity index (χ1v) is 3.10. The highest BCUT2D eigenvalue weighted by Crippen LogP contribution is 2.18. The summed E-state index contributed by atoms with van der Waals surface area (Å²) in [7, 11) is 0. The van der Waals surface area contributed by atoms with Crippen LogP contribution in [0.5, 0.6) is 0 Å². The van der Waals surface area contributed by atoms with Gasteiger partial charge in [-0.05, 0) is 0 Å². The van der Waals surface area contributed by atoms with E-state index in [1.54, 1.807) is 0 Å². The minimum absolute atomic E-state index is 0. The Bertz CT molecular complexity index is 216. The fraction of sp³-hybridized carbons (Fsp3) is 0.500. The maximum atomic E-state index is 11.8. The lowest BCUT2D eigenvalue weighted by atomic mass is 10.2. The monoisotopic (exact) mass is 199 g/mol. The highest BCUT2D eigenvalue weighted by atomic mass is 35.5. The second-order valence-electron chi connectivity index (χ2n) is 2.34. The van der Waals surface area contributed by atoms with Crippen molar-refractivity contribution in [3.63, 3.8) is 0 Å². The Morgan fingerprint density at radius 3 is 2.42 bits per heavy atom. The van der Waals surface area contributed by atoms with Crippen molar-refractivity contribution in [1.82, 2.24) is 5.32 Å². The molecule has 1 saturated heterocycles. The summed E-state index contributed by atoms with van der Waals surface area (Å²) in [4.78, 5) is 10.2. The van der Waals surface area contributed by atoms with E-state index in [2.05, 4.69) is 5.32 Å². The lowest BCUT2D eigenvalue weighted by Crippen LogP contribution is -2.29. The number of aliphatic carboxylic acids is 1. The van der Waals surface area contributed by atoms with Gasteiger partial charge in [-0.3, -0.25) is 4.79 Å². The van der Waals surface area contributed by atoms with E-state index < -0.39 is 18.1 Å². The zero-order valence-corrected chi connectivity index (χ0v) is 6.83. The number of rotatable bonds is 1. The molecule has 0 radical (unpaired) electrons. The quantitative estimate of drug-likeness (QED) is 0.663. The number of nitrogens with one attached hydrogen (secondary N) is 1. The van der Waals surface area contributed by atoms with Gasteiger partial charge in [-0.1, -0.05) is 0 Å². The third kappa shape index (κ3) is 2.42. The molecule has 1 fully saturated rings. The van der Waals surface area contributed by atoms with E-state index in [4.69, 9.17) is 5.11 Å². The summed E-state index contributed by atoms with van der Waals surface area (Å²) < 4.78 is 23.6. The zero-order chi connectivity index (χ0) is 8.43. The van der Waals surface area contributed by atoms with Gasteiger partial charge in [0.2, 0.25) is 0 Å². The van der Waals surface area contributed by atoms with Gasteiger partial charge in [0.1, 0.15) is 6.04 Å². The summed E-state index contributed by atoms with van der Waals surface area (Å²) in [6.45, 7) is -0.0146. The molecule has 1 aliphatic rings. The van der Waals surface area contributed by atoms with Crippen molar-refractivity contribution in [2.75, 3.05) is 6.54 Å². The van der Waals surface area contributed by atoms with Crippen molar-refractivity contribution in [2.45, 2.75) is 12.5 Å². The maximum absolute atomic E-state index is 11.8. The normalized spacial score (nSPS) is 21.8. The molecule has 1 heterocycles. The molecule has 0 saturated carbocycles. The van der Waals surface area contributed by atoms with Crippen molar-refractivity contribution in [1.29, 1.82) is 0 Å². The van der Waals surface area contributed by atoms with Crippen LogP contribution in [0.4, 0.5) is 8.78 Å². The summed E-state index contributed by atoms with van der Waals surface area (Å²) in [5.74, 6) is -1.08. The van der Waals surface area contributed by atoms with Crippen LogP contribution >= 0.6 is 12.4 Å². The number of carboxylic acid groups (broad SMARTS) is 1. The Balaban J connectivity index is 0.00000121. The Hall–Kier alpha value is -0.680. The summed E-state index contributed by atoms with van der Waals surface area (Å²) in [6.07, 6.45) is -1.85. The minimum atomic E-state index is -1.76. The van der Waals surface area contributed by atoms with E-state index in [1.807, 2.05) is 0 Å². The molecule has 0 aromatic rings. The van der Waals surface area contributed by atoms with Gasteiger partial charge in [0, 0.05) is 18.5 Å². The van der Waals surface area contributed by atoms with Crippen molar-refractivity contribution in [2.24, 2.45) is 0 Å². The first-order chi connectivity index (χ1) is 5.11. The second kappa shape index (κ2) is 4.37. The van der Waals surface area contributed by atoms with Crippen LogP contribution < -0.4 is 5.32 Å². The number of hydrogen-bond donors (Lipinski definition) is 2. The Morgan fingerprint density at radius 2 is 2.17 bits per heavy atom. The molecule has 0 aromatic heterocycles. The first-order valence-electron chi connectivity index (χ1n) is 3.10. The lowest BCUT2D eigenvalue weighted by molar-refractivity contribution is -0.138.